The lowest BCUT2D eigenvalue weighted by Gasteiger charge is -2.27. The number of carbonyl (C=O) groups is 2. The number of sulfone groups is 1. The zero-order chi connectivity index (χ0) is 23.4. The number of anilines is 1. The zero-order valence-corrected chi connectivity index (χ0v) is 15.6. The molecule has 6 nitrogen and oxygen atoms in total. The molecule has 1 heterocycles. The van der Waals surface area contributed by atoms with Gasteiger partial charge in [0.1, 0.15) is 0 Å². The van der Waals surface area contributed by atoms with Crippen LogP contribution in [-0.2, 0) is 9.84 Å². The van der Waals surface area contributed by atoms with Crippen LogP contribution in [0.1, 0.15) is 20.7 Å². The maximum Gasteiger partial charge on any atom is 0.461 e. The first-order chi connectivity index (χ1) is 14.1. The van der Waals surface area contributed by atoms with E-state index in [1.165, 1.54) is 24.3 Å². The van der Waals surface area contributed by atoms with Crippen molar-refractivity contribution in [2.24, 2.45) is 0 Å². The molecule has 0 saturated heterocycles. The van der Waals surface area contributed by atoms with Crippen LogP contribution in [0, 0.1) is 0 Å². The van der Waals surface area contributed by atoms with Crippen LogP contribution in [0.5, 0.6) is 0 Å². The molecule has 0 spiro atoms. The fraction of sp³-hybridized carbons (Fsp3) is 0.176. The molecule has 3 rings (SSSR count). The summed E-state index contributed by atoms with van der Waals surface area (Å²) in [5.74, 6) is -8.42. The second-order valence-electron chi connectivity index (χ2n) is 6.22. The van der Waals surface area contributed by atoms with E-state index in [4.69, 9.17) is 0 Å². The minimum atomic E-state index is -6.85. The lowest BCUT2D eigenvalue weighted by atomic mass is 10.1. The van der Waals surface area contributed by atoms with E-state index >= 15 is 0 Å². The molecule has 0 unspecified atom stereocenters. The van der Waals surface area contributed by atoms with Gasteiger partial charge in [-0.3, -0.25) is 15.0 Å². The SMILES string of the molecule is O=C1c2ccccc2C(=O)N1Nc1ccc(S(=O)(=O)C(F)(F)C(F)(F)C(F)(F)F)cc1. The number of fused-ring (bicyclic) bond motifs is 1. The van der Waals surface area contributed by atoms with Crippen LogP contribution in [0.3, 0.4) is 0 Å². The molecule has 1 aliphatic rings. The van der Waals surface area contributed by atoms with Crippen LogP contribution < -0.4 is 5.43 Å². The Hall–Kier alpha value is -3.16. The third-order valence-electron chi connectivity index (χ3n) is 4.26. The number of alkyl halides is 7. The van der Waals surface area contributed by atoms with Crippen LogP contribution >= 0.6 is 0 Å². The highest BCUT2D eigenvalue weighted by Crippen LogP contribution is 2.50. The molecule has 0 saturated carbocycles. The normalized spacial score (nSPS) is 15.3. The third-order valence-corrected chi connectivity index (χ3v) is 6.08. The number of nitrogens with zero attached hydrogens (tertiary/aromatic N) is 1. The summed E-state index contributed by atoms with van der Waals surface area (Å²) >= 11 is 0. The minimum Gasteiger partial charge on any atom is -0.288 e. The largest absolute Gasteiger partial charge is 0.461 e. The van der Waals surface area contributed by atoms with Crippen LogP contribution in [0.15, 0.2) is 53.4 Å². The molecule has 14 heteroatoms. The van der Waals surface area contributed by atoms with Crippen molar-refractivity contribution in [2.45, 2.75) is 22.2 Å². The number of hydrogen-bond donors (Lipinski definition) is 1. The van der Waals surface area contributed by atoms with Gasteiger partial charge >= 0.3 is 17.4 Å². The molecule has 0 bridgehead atoms. The van der Waals surface area contributed by atoms with Gasteiger partial charge < -0.3 is 0 Å². The van der Waals surface area contributed by atoms with Crippen LogP contribution in [-0.4, -0.2) is 42.6 Å². The molecule has 1 aliphatic heterocycles. The molecule has 2 aromatic carbocycles. The summed E-state index contributed by atoms with van der Waals surface area (Å²) in [7, 11) is -6.47. The Balaban J connectivity index is 1.87. The minimum absolute atomic E-state index is 0.0493. The Morgan fingerprint density at radius 1 is 0.742 bits per heavy atom. The van der Waals surface area contributed by atoms with Crippen molar-refractivity contribution < 1.29 is 48.7 Å². The Morgan fingerprint density at radius 3 is 1.61 bits per heavy atom. The average molecular weight is 470 g/mol. The number of halogens is 7. The van der Waals surface area contributed by atoms with E-state index in [1.54, 1.807) is 0 Å². The molecule has 31 heavy (non-hydrogen) atoms. The van der Waals surface area contributed by atoms with Gasteiger partial charge in [-0.1, -0.05) is 12.1 Å². The van der Waals surface area contributed by atoms with Crippen molar-refractivity contribution in [3.63, 3.8) is 0 Å². The lowest BCUT2D eigenvalue weighted by molar-refractivity contribution is -0.332. The molecular formula is C17H9F7N2O4S. The predicted molar refractivity (Wildman–Crippen MR) is 90.1 cm³/mol. The molecule has 0 atom stereocenters. The van der Waals surface area contributed by atoms with E-state index in [-0.39, 0.29) is 16.8 Å². The van der Waals surface area contributed by atoms with E-state index in [9.17, 15) is 48.7 Å². The quantitative estimate of drug-likeness (QED) is 0.530. The Morgan fingerprint density at radius 2 is 1.19 bits per heavy atom. The van der Waals surface area contributed by atoms with Gasteiger partial charge in [0.2, 0.25) is 9.84 Å². The zero-order valence-electron chi connectivity index (χ0n) is 14.8. The molecule has 2 amide bonds. The summed E-state index contributed by atoms with van der Waals surface area (Å²) in [6, 6.07) is 7.77. The molecule has 0 aliphatic carbocycles. The fourth-order valence-electron chi connectivity index (χ4n) is 2.61. The number of rotatable bonds is 5. The summed E-state index contributed by atoms with van der Waals surface area (Å²) < 4.78 is 114. The third kappa shape index (κ3) is 3.30. The number of imide groups is 1. The second kappa shape index (κ2) is 6.93. The monoisotopic (exact) mass is 470 g/mol. The van der Waals surface area contributed by atoms with E-state index < -0.39 is 43.9 Å². The number of amides is 2. The first-order valence-corrected chi connectivity index (χ1v) is 9.53. The molecule has 0 aromatic heterocycles. The van der Waals surface area contributed by atoms with Crippen molar-refractivity contribution in [3.8, 4) is 0 Å². The van der Waals surface area contributed by atoms with Gasteiger partial charge in [-0.15, -0.1) is 0 Å². The highest BCUT2D eigenvalue weighted by atomic mass is 32.2. The van der Waals surface area contributed by atoms with Gasteiger partial charge in [0, 0.05) is 0 Å². The Kier molecular flexibility index (Phi) is 5.04. The standard InChI is InChI=1S/C17H9F7N2O4S/c18-15(19,16(20,21)22)17(23,24)31(29,30)10-7-5-9(6-8-10)25-26-13(27)11-3-1-2-4-12(11)14(26)28/h1-8,25H. The number of hydrazine groups is 1. The average Bonchev–Trinajstić information content (AvgIpc) is 2.92. The summed E-state index contributed by atoms with van der Waals surface area (Å²) in [4.78, 5) is 22.9. The molecule has 1 N–H and O–H groups in total. The molecule has 166 valence electrons. The van der Waals surface area contributed by atoms with Crippen LogP contribution in [0.2, 0.25) is 0 Å². The van der Waals surface area contributed by atoms with Gasteiger partial charge in [0.25, 0.3) is 11.8 Å². The Bertz CT molecular complexity index is 1130. The van der Waals surface area contributed by atoms with Gasteiger partial charge in [-0.05, 0) is 36.4 Å². The van der Waals surface area contributed by atoms with Crippen molar-refractivity contribution >= 4 is 27.3 Å². The van der Waals surface area contributed by atoms with Crippen molar-refractivity contribution in [1.82, 2.24) is 5.01 Å². The van der Waals surface area contributed by atoms with E-state index in [1.807, 2.05) is 0 Å². The van der Waals surface area contributed by atoms with Crippen molar-refractivity contribution in [2.75, 3.05) is 5.43 Å². The fourth-order valence-corrected chi connectivity index (χ4v) is 3.85. The first kappa shape index (κ1) is 22.5. The summed E-state index contributed by atoms with van der Waals surface area (Å²) in [6.45, 7) is 0. The summed E-state index contributed by atoms with van der Waals surface area (Å²) in [6.07, 6.45) is -6.82. The van der Waals surface area contributed by atoms with Gasteiger partial charge in [-0.25, -0.2) is 8.42 Å². The molecule has 0 fully saturated rings. The topological polar surface area (TPSA) is 83.6 Å². The number of benzene rings is 2. The van der Waals surface area contributed by atoms with Crippen LogP contribution in [0.4, 0.5) is 36.4 Å². The maximum atomic E-state index is 13.7. The van der Waals surface area contributed by atoms with Crippen molar-refractivity contribution in [1.29, 1.82) is 0 Å². The highest BCUT2D eigenvalue weighted by Gasteiger charge is 2.78. The number of nitrogens with one attached hydrogen (secondary N) is 1. The lowest BCUT2D eigenvalue weighted by Crippen LogP contribution is -2.55. The van der Waals surface area contributed by atoms with Gasteiger partial charge in [0.15, 0.2) is 0 Å². The van der Waals surface area contributed by atoms with E-state index in [0.717, 1.165) is 0 Å². The van der Waals surface area contributed by atoms with Gasteiger partial charge in [0.05, 0.1) is 21.7 Å². The van der Waals surface area contributed by atoms with E-state index in [0.29, 0.717) is 29.3 Å². The summed E-state index contributed by atoms with van der Waals surface area (Å²) in [5.41, 5.74) is 2.17. The molecule has 2 aromatic rings. The van der Waals surface area contributed by atoms with Crippen molar-refractivity contribution in [3.05, 3.63) is 59.7 Å². The Labute approximate surface area is 169 Å². The smallest absolute Gasteiger partial charge is 0.288 e. The number of carbonyl (C=O) groups excluding carboxylic acids is 2. The maximum absolute atomic E-state index is 13.7. The van der Waals surface area contributed by atoms with Gasteiger partial charge in [-0.2, -0.15) is 35.7 Å². The first-order valence-electron chi connectivity index (χ1n) is 8.04. The summed E-state index contributed by atoms with van der Waals surface area (Å²) in [5, 5.41) is -5.96. The molecular weight excluding hydrogens is 461 g/mol. The second-order valence-corrected chi connectivity index (χ2v) is 8.21. The predicted octanol–water partition coefficient (Wildman–Crippen LogP) is 3.87. The number of hydrogen-bond acceptors (Lipinski definition) is 5. The highest BCUT2D eigenvalue weighted by molar-refractivity contribution is 7.92. The van der Waals surface area contributed by atoms with E-state index in [2.05, 4.69) is 5.43 Å². The molecule has 0 radical (unpaired) electrons. The van der Waals surface area contributed by atoms with Crippen LogP contribution in [0.25, 0.3) is 0 Å².